The molecule has 1 atom stereocenters. The number of aromatic hydroxyl groups is 1. The Morgan fingerprint density at radius 1 is 0.784 bits per heavy atom. The first-order valence-corrected chi connectivity index (χ1v) is 13.5. The highest BCUT2D eigenvalue weighted by Crippen LogP contribution is 2.23. The molecule has 0 spiro atoms. The quantitative estimate of drug-likeness (QED) is 0.364. The molecule has 2 rings (SSSR count). The number of aliphatic hydroxyl groups excluding tert-OH is 1. The third-order valence-electron chi connectivity index (χ3n) is 6.47. The van der Waals surface area contributed by atoms with Crippen molar-refractivity contribution in [3.05, 3.63) is 44.1 Å². The van der Waals surface area contributed by atoms with Crippen LogP contribution in [0.5, 0.6) is 5.88 Å². The monoisotopic (exact) mass is 518 g/mol. The molecule has 1 aromatic heterocycles. The number of carbonyl (C=O) groups excluding carboxylic acids is 2. The summed E-state index contributed by atoms with van der Waals surface area (Å²) in [4.78, 5) is 54.3. The summed E-state index contributed by atoms with van der Waals surface area (Å²) >= 11 is 0. The lowest BCUT2D eigenvalue weighted by Crippen LogP contribution is -2.58. The second kappa shape index (κ2) is 14.6. The second-order valence-corrected chi connectivity index (χ2v) is 9.33. The molecule has 1 aromatic rings. The number of urea groups is 1. The first-order chi connectivity index (χ1) is 17.7. The van der Waals surface area contributed by atoms with Crippen LogP contribution in [-0.2, 0) is 17.9 Å². The van der Waals surface area contributed by atoms with Crippen LogP contribution in [0.1, 0.15) is 84.6 Å². The van der Waals surface area contributed by atoms with Crippen molar-refractivity contribution in [3.63, 3.8) is 0 Å². The number of aromatic nitrogens is 2. The van der Waals surface area contributed by atoms with Gasteiger partial charge in [0.05, 0.1) is 5.57 Å². The highest BCUT2D eigenvalue weighted by Gasteiger charge is 2.40. The minimum Gasteiger partial charge on any atom is -0.494 e. The van der Waals surface area contributed by atoms with Gasteiger partial charge in [0.1, 0.15) is 5.56 Å². The molecule has 2 heterocycles. The van der Waals surface area contributed by atoms with E-state index in [0.717, 1.165) is 35.2 Å². The van der Waals surface area contributed by atoms with Crippen LogP contribution in [0.25, 0.3) is 6.08 Å². The van der Waals surface area contributed by atoms with Gasteiger partial charge in [-0.15, -0.1) is 0 Å². The van der Waals surface area contributed by atoms with Crippen molar-refractivity contribution in [3.8, 4) is 5.88 Å². The van der Waals surface area contributed by atoms with Gasteiger partial charge in [-0.1, -0.05) is 59.5 Å². The van der Waals surface area contributed by atoms with E-state index in [4.69, 9.17) is 0 Å². The molecule has 10 heteroatoms. The maximum absolute atomic E-state index is 13.1. The Bertz CT molecular complexity index is 1120. The fraction of sp³-hybridized carbons (Fsp3) is 0.630. The Labute approximate surface area is 218 Å². The number of allylic oxidation sites excluding steroid dienone is 2. The summed E-state index contributed by atoms with van der Waals surface area (Å²) in [5.74, 6) is -1.01. The van der Waals surface area contributed by atoms with Gasteiger partial charge in [-0.25, -0.2) is 9.59 Å². The van der Waals surface area contributed by atoms with E-state index in [9.17, 15) is 29.4 Å². The number of hydrogen-bond acceptors (Lipinski definition) is 6. The molecule has 1 aliphatic heterocycles. The van der Waals surface area contributed by atoms with Crippen LogP contribution in [0.4, 0.5) is 4.79 Å². The van der Waals surface area contributed by atoms with Gasteiger partial charge >= 0.3 is 11.7 Å². The molecule has 10 nitrogen and oxygen atoms in total. The van der Waals surface area contributed by atoms with Crippen LogP contribution < -0.4 is 11.2 Å². The zero-order chi connectivity index (χ0) is 27.5. The standard InChI is InChI=1S/C27H42N4O6/c1-5-9-16-28-22(32)20(23(33)29(26(28)36)17-10-6-2)14-13-15-21-24(34)30(18-11-7-3)27(37)31(25(21)35)19-12-8-4/h13-15,22,32,34H,5-12,16-19H2,1-4H3/b15-13+,20-14+. The number of imide groups is 1. The fourth-order valence-electron chi connectivity index (χ4n) is 4.13. The number of rotatable bonds is 14. The maximum Gasteiger partial charge on any atom is 0.333 e. The lowest BCUT2D eigenvalue weighted by molar-refractivity contribution is -0.130. The van der Waals surface area contributed by atoms with Crippen LogP contribution in [0, 0.1) is 0 Å². The van der Waals surface area contributed by atoms with Gasteiger partial charge in [0, 0.05) is 26.2 Å². The third-order valence-corrected chi connectivity index (χ3v) is 6.47. The highest BCUT2D eigenvalue weighted by atomic mass is 16.3. The average Bonchev–Trinajstić information content (AvgIpc) is 2.87. The van der Waals surface area contributed by atoms with Gasteiger partial charge < -0.3 is 10.2 Å². The predicted octanol–water partition coefficient (Wildman–Crippen LogP) is 3.44. The van der Waals surface area contributed by atoms with Crippen molar-refractivity contribution in [1.82, 2.24) is 18.9 Å². The Balaban J connectivity index is 2.52. The Hall–Kier alpha value is -3.14. The van der Waals surface area contributed by atoms with E-state index in [-0.39, 0.29) is 30.8 Å². The minimum absolute atomic E-state index is 0.00755. The van der Waals surface area contributed by atoms with E-state index >= 15 is 0 Å². The number of carbonyl (C=O) groups is 2. The molecule has 1 unspecified atom stereocenters. The summed E-state index contributed by atoms with van der Waals surface area (Å²) in [5.41, 5.74) is -1.22. The highest BCUT2D eigenvalue weighted by molar-refractivity contribution is 6.07. The first kappa shape index (κ1) is 30.1. The van der Waals surface area contributed by atoms with Crippen molar-refractivity contribution in [2.75, 3.05) is 13.1 Å². The van der Waals surface area contributed by atoms with Crippen LogP contribution >= 0.6 is 0 Å². The zero-order valence-corrected chi connectivity index (χ0v) is 22.6. The zero-order valence-electron chi connectivity index (χ0n) is 22.6. The molecule has 0 aliphatic carbocycles. The Morgan fingerprint density at radius 2 is 1.32 bits per heavy atom. The third kappa shape index (κ3) is 7.00. The Kier molecular flexibility index (Phi) is 11.8. The van der Waals surface area contributed by atoms with E-state index in [1.165, 1.54) is 27.7 Å². The smallest absolute Gasteiger partial charge is 0.333 e. The van der Waals surface area contributed by atoms with Gasteiger partial charge in [-0.05, 0) is 37.8 Å². The molecule has 3 amide bonds. The summed E-state index contributed by atoms with van der Waals surface area (Å²) < 4.78 is 2.33. The average molecular weight is 519 g/mol. The summed E-state index contributed by atoms with van der Waals surface area (Å²) in [6.07, 6.45) is 8.51. The number of unbranched alkanes of at least 4 members (excludes halogenated alkanes) is 4. The number of amides is 3. The molecular formula is C27H42N4O6. The number of hydrogen-bond donors (Lipinski definition) is 2. The molecule has 2 N–H and O–H groups in total. The molecule has 206 valence electrons. The summed E-state index contributed by atoms with van der Waals surface area (Å²) in [7, 11) is 0. The van der Waals surface area contributed by atoms with Crippen LogP contribution in [0.3, 0.4) is 0 Å². The van der Waals surface area contributed by atoms with E-state index in [2.05, 4.69) is 0 Å². The van der Waals surface area contributed by atoms with Crippen molar-refractivity contribution < 1.29 is 19.8 Å². The van der Waals surface area contributed by atoms with Crippen molar-refractivity contribution in [2.45, 2.75) is 98.4 Å². The maximum atomic E-state index is 13.1. The number of nitrogens with zero attached hydrogens (tertiary/aromatic N) is 4. The normalized spacial score (nSPS) is 17.5. The van der Waals surface area contributed by atoms with E-state index in [1.807, 2.05) is 27.7 Å². The largest absolute Gasteiger partial charge is 0.494 e. The van der Waals surface area contributed by atoms with Gasteiger partial charge in [0.2, 0.25) is 5.88 Å². The van der Waals surface area contributed by atoms with Gasteiger partial charge in [-0.2, -0.15) is 0 Å². The minimum atomic E-state index is -1.41. The molecule has 0 radical (unpaired) electrons. The molecule has 1 fully saturated rings. The van der Waals surface area contributed by atoms with Crippen molar-refractivity contribution >= 4 is 18.0 Å². The molecular weight excluding hydrogens is 476 g/mol. The van der Waals surface area contributed by atoms with Crippen LogP contribution in [0.15, 0.2) is 27.3 Å². The van der Waals surface area contributed by atoms with E-state index in [1.54, 1.807) is 0 Å². The summed E-state index contributed by atoms with van der Waals surface area (Å²) in [6.45, 7) is 8.91. The van der Waals surface area contributed by atoms with Gasteiger partial charge in [0.25, 0.3) is 11.5 Å². The molecule has 0 aromatic carbocycles. The van der Waals surface area contributed by atoms with Crippen LogP contribution in [0.2, 0.25) is 0 Å². The van der Waals surface area contributed by atoms with Crippen molar-refractivity contribution in [2.24, 2.45) is 0 Å². The molecule has 1 aliphatic rings. The van der Waals surface area contributed by atoms with E-state index in [0.29, 0.717) is 32.2 Å². The van der Waals surface area contributed by atoms with Crippen molar-refractivity contribution in [1.29, 1.82) is 0 Å². The molecule has 0 saturated carbocycles. The fourth-order valence-corrected chi connectivity index (χ4v) is 4.13. The Morgan fingerprint density at radius 3 is 1.92 bits per heavy atom. The predicted molar refractivity (Wildman–Crippen MR) is 143 cm³/mol. The van der Waals surface area contributed by atoms with E-state index < -0.39 is 35.3 Å². The first-order valence-electron chi connectivity index (χ1n) is 13.5. The van der Waals surface area contributed by atoms with Crippen LogP contribution in [-0.4, -0.2) is 60.4 Å². The molecule has 37 heavy (non-hydrogen) atoms. The molecule has 1 saturated heterocycles. The summed E-state index contributed by atoms with van der Waals surface area (Å²) in [5, 5.41) is 21.6. The van der Waals surface area contributed by atoms with Gasteiger partial charge in [0.15, 0.2) is 6.23 Å². The summed E-state index contributed by atoms with van der Waals surface area (Å²) in [6, 6.07) is -0.514. The lowest BCUT2D eigenvalue weighted by atomic mass is 10.1. The SMILES string of the molecule is CCCCN1C(=O)/C(=C/C=C/c2c(O)n(CCCC)c(=O)n(CCCC)c2=O)C(O)N(CCCC)C1=O. The lowest BCUT2D eigenvalue weighted by Gasteiger charge is -2.39. The topological polar surface area (TPSA) is 125 Å². The number of aliphatic hydroxyl groups is 1. The molecule has 0 bridgehead atoms. The second-order valence-electron chi connectivity index (χ2n) is 9.33. The van der Waals surface area contributed by atoms with Gasteiger partial charge in [-0.3, -0.25) is 28.5 Å².